The summed E-state index contributed by atoms with van der Waals surface area (Å²) < 4.78 is 26.9. The number of thiocarbonyl (C=S) groups is 1. The Morgan fingerprint density at radius 1 is 1.33 bits per heavy atom. The normalized spacial score (nSPS) is 12.4. The van der Waals surface area contributed by atoms with Gasteiger partial charge in [0.05, 0.1) is 4.90 Å². The number of sulfonamides is 1. The van der Waals surface area contributed by atoms with E-state index in [2.05, 4.69) is 4.72 Å². The van der Waals surface area contributed by atoms with Crippen molar-refractivity contribution in [1.29, 1.82) is 0 Å². The molecule has 0 fully saturated rings. The Bertz CT molecular complexity index is 545. The Morgan fingerprint density at radius 2 is 1.89 bits per heavy atom. The van der Waals surface area contributed by atoms with Gasteiger partial charge in [-0.15, -0.1) is 0 Å². The number of benzene rings is 1. The summed E-state index contributed by atoms with van der Waals surface area (Å²) >= 11 is 4.86. The summed E-state index contributed by atoms with van der Waals surface area (Å²) in [4.78, 5) is 0.202. The summed E-state index contributed by atoms with van der Waals surface area (Å²) in [6, 6.07) is 6.46. The molecule has 1 aromatic rings. The van der Waals surface area contributed by atoms with Gasteiger partial charge in [-0.3, -0.25) is 0 Å². The third-order valence-electron chi connectivity index (χ3n) is 2.23. The summed E-state index contributed by atoms with van der Waals surface area (Å²) in [5.41, 5.74) is 5.77. The van der Waals surface area contributed by atoms with E-state index in [0.717, 1.165) is 0 Å². The predicted octanol–water partition coefficient (Wildman–Crippen LogP) is 1.65. The first-order valence-corrected chi connectivity index (χ1v) is 7.41. The van der Waals surface area contributed by atoms with Crippen LogP contribution in [0, 0.1) is 5.41 Å². The first kappa shape index (κ1) is 15.1. The molecule has 0 radical (unpaired) electrons. The predicted molar refractivity (Wildman–Crippen MR) is 77.0 cm³/mol. The topological polar surface area (TPSA) is 72.2 Å². The van der Waals surface area contributed by atoms with Gasteiger partial charge in [0.15, 0.2) is 0 Å². The van der Waals surface area contributed by atoms with Gasteiger partial charge in [-0.2, -0.15) is 0 Å². The molecule has 0 unspecified atom stereocenters. The average molecular weight is 286 g/mol. The molecule has 4 nitrogen and oxygen atoms in total. The highest BCUT2D eigenvalue weighted by molar-refractivity contribution is 7.89. The van der Waals surface area contributed by atoms with Crippen LogP contribution in [0.2, 0.25) is 0 Å². The first-order chi connectivity index (χ1) is 8.13. The second-order valence-electron chi connectivity index (χ2n) is 5.25. The van der Waals surface area contributed by atoms with Crippen molar-refractivity contribution in [1.82, 2.24) is 4.72 Å². The van der Waals surface area contributed by atoms with Crippen molar-refractivity contribution in [2.75, 3.05) is 6.54 Å². The lowest BCUT2D eigenvalue weighted by Gasteiger charge is -2.19. The molecule has 0 aliphatic heterocycles. The van der Waals surface area contributed by atoms with E-state index in [4.69, 9.17) is 18.0 Å². The number of rotatable bonds is 4. The molecule has 100 valence electrons. The minimum Gasteiger partial charge on any atom is -0.389 e. The third-order valence-corrected chi connectivity index (χ3v) is 3.91. The van der Waals surface area contributed by atoms with Gasteiger partial charge in [-0.25, -0.2) is 13.1 Å². The van der Waals surface area contributed by atoms with Crippen molar-refractivity contribution in [2.24, 2.45) is 11.1 Å². The van der Waals surface area contributed by atoms with E-state index >= 15 is 0 Å². The maximum absolute atomic E-state index is 12.2. The number of nitrogens with one attached hydrogen (secondary N) is 1. The fraction of sp³-hybridized carbons (Fsp3) is 0.417. The molecule has 0 saturated carbocycles. The molecule has 0 heterocycles. The summed E-state index contributed by atoms with van der Waals surface area (Å²) in [6.45, 7) is 6.21. The van der Waals surface area contributed by atoms with E-state index in [-0.39, 0.29) is 15.3 Å². The molecule has 18 heavy (non-hydrogen) atoms. The van der Waals surface area contributed by atoms with Gasteiger partial charge < -0.3 is 5.73 Å². The second kappa shape index (κ2) is 5.34. The Balaban J connectivity index is 3.10. The lowest BCUT2D eigenvalue weighted by molar-refractivity contribution is 0.407. The van der Waals surface area contributed by atoms with E-state index < -0.39 is 10.0 Å². The van der Waals surface area contributed by atoms with Crippen LogP contribution in [0.15, 0.2) is 29.2 Å². The summed E-state index contributed by atoms with van der Waals surface area (Å²) in [5, 5.41) is 0. The average Bonchev–Trinajstić information content (AvgIpc) is 2.26. The standard InChI is InChI=1S/C12H18N2O2S2/c1-12(2,3)8-14-18(15,16)10-7-5-4-6-9(10)11(13)17/h4-7,14H,8H2,1-3H3,(H2,13,17). The van der Waals surface area contributed by atoms with Crippen LogP contribution in [0.5, 0.6) is 0 Å². The Morgan fingerprint density at radius 3 is 2.39 bits per heavy atom. The summed E-state index contributed by atoms with van der Waals surface area (Å²) in [6.07, 6.45) is 0. The zero-order chi connectivity index (χ0) is 14.0. The van der Waals surface area contributed by atoms with E-state index in [1.54, 1.807) is 18.2 Å². The van der Waals surface area contributed by atoms with Crippen molar-refractivity contribution >= 4 is 27.2 Å². The molecule has 1 aromatic carbocycles. The van der Waals surface area contributed by atoms with Crippen molar-refractivity contribution in [2.45, 2.75) is 25.7 Å². The molecular weight excluding hydrogens is 268 g/mol. The number of nitrogens with two attached hydrogens (primary N) is 1. The van der Waals surface area contributed by atoms with E-state index in [9.17, 15) is 8.42 Å². The van der Waals surface area contributed by atoms with Crippen LogP contribution in [0.25, 0.3) is 0 Å². The number of hydrogen-bond donors (Lipinski definition) is 2. The first-order valence-electron chi connectivity index (χ1n) is 5.52. The molecule has 0 amide bonds. The highest BCUT2D eigenvalue weighted by atomic mass is 32.2. The van der Waals surface area contributed by atoms with Crippen LogP contribution in [-0.4, -0.2) is 20.0 Å². The molecule has 0 aromatic heterocycles. The molecule has 0 atom stereocenters. The van der Waals surface area contributed by atoms with Gasteiger partial charge in [-0.05, 0) is 11.5 Å². The fourth-order valence-corrected chi connectivity index (χ4v) is 3.04. The van der Waals surface area contributed by atoms with Gasteiger partial charge in [0.2, 0.25) is 10.0 Å². The minimum absolute atomic E-state index is 0.0757. The molecule has 0 bridgehead atoms. The highest BCUT2D eigenvalue weighted by Gasteiger charge is 2.21. The molecule has 1 rings (SSSR count). The van der Waals surface area contributed by atoms with Crippen molar-refractivity contribution in [3.63, 3.8) is 0 Å². The van der Waals surface area contributed by atoms with Gasteiger partial charge in [0.25, 0.3) is 0 Å². The molecule has 0 aliphatic carbocycles. The molecule has 0 saturated heterocycles. The molecule has 6 heteroatoms. The minimum atomic E-state index is -3.59. The molecular formula is C12H18N2O2S2. The van der Waals surface area contributed by atoms with Crippen LogP contribution in [0.3, 0.4) is 0 Å². The largest absolute Gasteiger partial charge is 0.389 e. The smallest absolute Gasteiger partial charge is 0.241 e. The van der Waals surface area contributed by atoms with Crippen LogP contribution >= 0.6 is 12.2 Å². The lowest BCUT2D eigenvalue weighted by atomic mass is 9.98. The van der Waals surface area contributed by atoms with Crippen LogP contribution in [0.4, 0.5) is 0 Å². The van der Waals surface area contributed by atoms with Gasteiger partial charge in [0, 0.05) is 12.1 Å². The van der Waals surface area contributed by atoms with Crippen molar-refractivity contribution < 1.29 is 8.42 Å². The van der Waals surface area contributed by atoms with Gasteiger partial charge in [0.1, 0.15) is 4.99 Å². The van der Waals surface area contributed by atoms with E-state index in [1.807, 2.05) is 20.8 Å². The monoisotopic (exact) mass is 286 g/mol. The molecule has 3 N–H and O–H groups in total. The summed E-state index contributed by atoms with van der Waals surface area (Å²) in [5.74, 6) is 0. The van der Waals surface area contributed by atoms with Crippen molar-refractivity contribution in [3.8, 4) is 0 Å². The van der Waals surface area contributed by atoms with Crippen LogP contribution < -0.4 is 10.5 Å². The number of hydrogen-bond acceptors (Lipinski definition) is 3. The van der Waals surface area contributed by atoms with Gasteiger partial charge >= 0.3 is 0 Å². The second-order valence-corrected chi connectivity index (χ2v) is 7.42. The highest BCUT2D eigenvalue weighted by Crippen LogP contribution is 2.17. The molecule has 0 spiro atoms. The van der Waals surface area contributed by atoms with E-state index in [1.165, 1.54) is 6.07 Å². The Labute approximate surface area is 114 Å². The van der Waals surface area contributed by atoms with Crippen LogP contribution in [-0.2, 0) is 10.0 Å². The van der Waals surface area contributed by atoms with E-state index in [0.29, 0.717) is 12.1 Å². The fourth-order valence-electron chi connectivity index (χ4n) is 1.29. The third kappa shape index (κ3) is 4.04. The Hall–Kier alpha value is -0.980. The summed E-state index contributed by atoms with van der Waals surface area (Å²) in [7, 11) is -3.59. The quantitative estimate of drug-likeness (QED) is 0.826. The zero-order valence-electron chi connectivity index (χ0n) is 10.7. The zero-order valence-corrected chi connectivity index (χ0v) is 12.4. The maximum Gasteiger partial charge on any atom is 0.241 e. The van der Waals surface area contributed by atoms with Crippen molar-refractivity contribution in [3.05, 3.63) is 29.8 Å². The lowest BCUT2D eigenvalue weighted by Crippen LogP contribution is -2.33. The molecule has 0 aliphatic rings. The maximum atomic E-state index is 12.2. The van der Waals surface area contributed by atoms with Gasteiger partial charge in [-0.1, -0.05) is 51.2 Å². The van der Waals surface area contributed by atoms with Crippen LogP contribution in [0.1, 0.15) is 26.3 Å². The Kier molecular flexibility index (Phi) is 4.47. The SMILES string of the molecule is CC(C)(C)CNS(=O)(=O)c1ccccc1C(N)=S.